The molecule has 0 fully saturated rings. The highest BCUT2D eigenvalue weighted by Crippen LogP contribution is 2.22. The molecular weight excluding hydrogens is 273 g/mol. The van der Waals surface area contributed by atoms with Crippen LogP contribution in [0.15, 0.2) is 30.6 Å². The van der Waals surface area contributed by atoms with E-state index in [0.717, 1.165) is 5.69 Å². The Labute approximate surface area is 114 Å². The predicted octanol–water partition coefficient (Wildman–Crippen LogP) is 3.34. The van der Waals surface area contributed by atoms with Gasteiger partial charge in [-0.2, -0.15) is 0 Å². The number of rotatable bonds is 2. The number of nitrogens with one attached hydrogen (secondary N) is 1. The molecule has 1 N–H and O–H groups in total. The third kappa shape index (κ3) is 3.18. The maximum atomic E-state index is 11.8. The van der Waals surface area contributed by atoms with Crippen LogP contribution in [0.3, 0.4) is 0 Å². The first kappa shape index (κ1) is 12.8. The minimum atomic E-state index is -0.360. The van der Waals surface area contributed by atoms with Crippen molar-refractivity contribution in [2.45, 2.75) is 6.92 Å². The van der Waals surface area contributed by atoms with E-state index < -0.39 is 0 Å². The van der Waals surface area contributed by atoms with Crippen molar-refractivity contribution in [3.05, 3.63) is 52.0 Å². The fraction of sp³-hybridized carbons (Fsp3) is 0.0833. The molecule has 0 saturated heterocycles. The first-order chi connectivity index (χ1) is 8.54. The summed E-state index contributed by atoms with van der Waals surface area (Å²) in [5.41, 5.74) is 1.49. The molecule has 1 aromatic carbocycles. The topological polar surface area (TPSA) is 54.9 Å². The molecule has 1 amide bonds. The van der Waals surface area contributed by atoms with Crippen LogP contribution in [0.2, 0.25) is 10.0 Å². The highest BCUT2D eigenvalue weighted by Gasteiger charge is 2.08. The number of anilines is 1. The van der Waals surface area contributed by atoms with Gasteiger partial charge in [0, 0.05) is 21.9 Å². The van der Waals surface area contributed by atoms with E-state index in [0.29, 0.717) is 15.7 Å². The summed E-state index contributed by atoms with van der Waals surface area (Å²) in [7, 11) is 0. The molecule has 0 aliphatic carbocycles. The SMILES string of the molecule is Cc1cnc(C(=O)Nc2cc(Cl)cc(Cl)c2)cn1. The minimum absolute atomic E-state index is 0.233. The first-order valence-corrected chi connectivity index (χ1v) is 5.86. The van der Waals surface area contributed by atoms with Crippen LogP contribution in [0.5, 0.6) is 0 Å². The van der Waals surface area contributed by atoms with Gasteiger partial charge in [-0.25, -0.2) is 4.98 Å². The van der Waals surface area contributed by atoms with E-state index in [1.807, 2.05) is 0 Å². The number of hydrogen-bond acceptors (Lipinski definition) is 3. The Morgan fingerprint density at radius 2 is 1.78 bits per heavy atom. The summed E-state index contributed by atoms with van der Waals surface area (Å²) in [4.78, 5) is 19.8. The molecule has 0 atom stereocenters. The van der Waals surface area contributed by atoms with Gasteiger partial charge in [-0.05, 0) is 25.1 Å². The Morgan fingerprint density at radius 3 is 2.33 bits per heavy atom. The standard InChI is InChI=1S/C12H9Cl2N3O/c1-7-5-16-11(6-15-7)12(18)17-10-3-8(13)2-9(14)4-10/h2-6H,1H3,(H,17,18). The number of carbonyl (C=O) groups is 1. The Bertz CT molecular complexity index is 564. The molecule has 92 valence electrons. The molecule has 0 saturated carbocycles. The van der Waals surface area contributed by atoms with Crippen LogP contribution >= 0.6 is 23.2 Å². The molecule has 0 aliphatic heterocycles. The van der Waals surface area contributed by atoms with Gasteiger partial charge < -0.3 is 5.32 Å². The summed E-state index contributed by atoms with van der Waals surface area (Å²) in [6.07, 6.45) is 2.94. The van der Waals surface area contributed by atoms with E-state index >= 15 is 0 Å². The number of amides is 1. The summed E-state index contributed by atoms with van der Waals surface area (Å²) in [5.74, 6) is -0.360. The van der Waals surface area contributed by atoms with Crippen molar-refractivity contribution in [3.8, 4) is 0 Å². The molecular formula is C12H9Cl2N3O. The van der Waals surface area contributed by atoms with E-state index in [-0.39, 0.29) is 11.6 Å². The molecule has 0 spiro atoms. The summed E-state index contributed by atoms with van der Waals surface area (Å²) in [5, 5.41) is 3.55. The zero-order valence-electron chi connectivity index (χ0n) is 9.45. The van der Waals surface area contributed by atoms with Crippen molar-refractivity contribution in [1.29, 1.82) is 0 Å². The smallest absolute Gasteiger partial charge is 0.275 e. The number of benzene rings is 1. The third-order valence-corrected chi connectivity index (χ3v) is 2.57. The largest absolute Gasteiger partial charge is 0.321 e. The van der Waals surface area contributed by atoms with Crippen LogP contribution in [0.25, 0.3) is 0 Å². The van der Waals surface area contributed by atoms with E-state index in [4.69, 9.17) is 23.2 Å². The second-order valence-corrected chi connectivity index (χ2v) is 4.53. The Morgan fingerprint density at radius 1 is 1.11 bits per heavy atom. The fourth-order valence-electron chi connectivity index (χ4n) is 1.33. The summed E-state index contributed by atoms with van der Waals surface area (Å²) < 4.78 is 0. The lowest BCUT2D eigenvalue weighted by Crippen LogP contribution is -2.14. The first-order valence-electron chi connectivity index (χ1n) is 5.11. The van der Waals surface area contributed by atoms with Gasteiger partial charge in [-0.3, -0.25) is 9.78 Å². The van der Waals surface area contributed by atoms with Crippen molar-refractivity contribution in [1.82, 2.24) is 9.97 Å². The zero-order chi connectivity index (χ0) is 13.1. The molecule has 0 bridgehead atoms. The van der Waals surface area contributed by atoms with Crippen LogP contribution in [-0.4, -0.2) is 15.9 Å². The molecule has 18 heavy (non-hydrogen) atoms. The van der Waals surface area contributed by atoms with Crippen molar-refractivity contribution in [2.75, 3.05) is 5.32 Å². The number of aryl methyl sites for hydroxylation is 1. The molecule has 6 heteroatoms. The quantitative estimate of drug-likeness (QED) is 0.919. The van der Waals surface area contributed by atoms with Gasteiger partial charge in [-0.1, -0.05) is 23.2 Å². The normalized spacial score (nSPS) is 10.2. The van der Waals surface area contributed by atoms with E-state index in [1.165, 1.54) is 12.4 Å². The molecule has 0 unspecified atom stereocenters. The van der Waals surface area contributed by atoms with Gasteiger partial charge in [-0.15, -0.1) is 0 Å². The Hall–Kier alpha value is -1.65. The lowest BCUT2D eigenvalue weighted by Gasteiger charge is -2.05. The Kier molecular flexibility index (Phi) is 3.79. The van der Waals surface area contributed by atoms with Gasteiger partial charge in [0.1, 0.15) is 5.69 Å². The van der Waals surface area contributed by atoms with Gasteiger partial charge in [0.25, 0.3) is 5.91 Å². The second-order valence-electron chi connectivity index (χ2n) is 3.66. The van der Waals surface area contributed by atoms with Gasteiger partial charge in [0.05, 0.1) is 11.9 Å². The number of nitrogens with zero attached hydrogens (tertiary/aromatic N) is 2. The van der Waals surface area contributed by atoms with Crippen molar-refractivity contribution in [2.24, 2.45) is 0 Å². The molecule has 4 nitrogen and oxygen atoms in total. The number of halogens is 2. The maximum absolute atomic E-state index is 11.8. The lowest BCUT2D eigenvalue weighted by molar-refractivity contribution is 0.102. The predicted molar refractivity (Wildman–Crippen MR) is 71.2 cm³/mol. The van der Waals surface area contributed by atoms with Crippen LogP contribution in [0, 0.1) is 6.92 Å². The van der Waals surface area contributed by atoms with Crippen molar-refractivity contribution < 1.29 is 4.79 Å². The summed E-state index contributed by atoms with van der Waals surface area (Å²) >= 11 is 11.7. The molecule has 0 radical (unpaired) electrons. The van der Waals surface area contributed by atoms with E-state index in [1.54, 1.807) is 25.1 Å². The molecule has 1 heterocycles. The monoisotopic (exact) mass is 281 g/mol. The summed E-state index contributed by atoms with van der Waals surface area (Å²) in [6.45, 7) is 1.80. The van der Waals surface area contributed by atoms with Crippen molar-refractivity contribution >= 4 is 34.8 Å². The van der Waals surface area contributed by atoms with Gasteiger partial charge >= 0.3 is 0 Å². The zero-order valence-corrected chi connectivity index (χ0v) is 11.0. The number of carbonyl (C=O) groups excluding carboxylic acids is 1. The van der Waals surface area contributed by atoms with Crippen molar-refractivity contribution in [3.63, 3.8) is 0 Å². The van der Waals surface area contributed by atoms with Crippen LogP contribution in [0.1, 0.15) is 16.2 Å². The lowest BCUT2D eigenvalue weighted by atomic mass is 10.3. The molecule has 0 aliphatic rings. The fourth-order valence-corrected chi connectivity index (χ4v) is 1.86. The van der Waals surface area contributed by atoms with Crippen LogP contribution in [-0.2, 0) is 0 Å². The third-order valence-electron chi connectivity index (χ3n) is 2.13. The molecule has 2 rings (SSSR count). The van der Waals surface area contributed by atoms with E-state index in [2.05, 4.69) is 15.3 Å². The van der Waals surface area contributed by atoms with Gasteiger partial charge in [0.2, 0.25) is 0 Å². The highest BCUT2D eigenvalue weighted by atomic mass is 35.5. The maximum Gasteiger partial charge on any atom is 0.275 e. The molecule has 2 aromatic rings. The van der Waals surface area contributed by atoms with Crippen LogP contribution < -0.4 is 5.32 Å². The second kappa shape index (κ2) is 5.33. The number of hydrogen-bond donors (Lipinski definition) is 1. The van der Waals surface area contributed by atoms with Crippen LogP contribution in [0.4, 0.5) is 5.69 Å². The average molecular weight is 282 g/mol. The van der Waals surface area contributed by atoms with Gasteiger partial charge in [0.15, 0.2) is 0 Å². The average Bonchev–Trinajstić information content (AvgIpc) is 2.28. The van der Waals surface area contributed by atoms with E-state index in [9.17, 15) is 4.79 Å². The number of aromatic nitrogens is 2. The summed E-state index contributed by atoms with van der Waals surface area (Å²) in [6, 6.07) is 4.80. The highest BCUT2D eigenvalue weighted by molar-refractivity contribution is 6.35. The minimum Gasteiger partial charge on any atom is -0.321 e. The molecule has 1 aromatic heterocycles. The Balaban J connectivity index is 2.18.